The van der Waals surface area contributed by atoms with Crippen molar-refractivity contribution < 1.29 is 14.3 Å². The molecule has 0 fully saturated rings. The van der Waals surface area contributed by atoms with Gasteiger partial charge >= 0.3 is 5.97 Å². The van der Waals surface area contributed by atoms with Gasteiger partial charge in [0.05, 0.1) is 22.9 Å². The van der Waals surface area contributed by atoms with E-state index >= 15 is 0 Å². The summed E-state index contributed by atoms with van der Waals surface area (Å²) in [5.74, 6) is -0.706. The first-order chi connectivity index (χ1) is 12.4. The zero-order valence-corrected chi connectivity index (χ0v) is 17.6. The van der Waals surface area contributed by atoms with E-state index in [1.54, 1.807) is 10.6 Å². The minimum absolute atomic E-state index is 0.0123. The second-order valence-electron chi connectivity index (χ2n) is 5.87. The van der Waals surface area contributed by atoms with Crippen LogP contribution in [0.5, 0.6) is 0 Å². The normalized spacial score (nSPS) is 11.8. The van der Waals surface area contributed by atoms with Crippen LogP contribution >= 0.6 is 33.9 Å². The van der Waals surface area contributed by atoms with Crippen molar-refractivity contribution in [2.45, 2.75) is 20.4 Å². The standard InChI is InChI=1S/C19H17IN2O3S/c1-11-8-12(2)17-15(9-11)26-19(22(17)10-16(23)25-3)21-18(24)13-6-4-5-7-14(13)20/h4-9H,10H2,1-3H3. The molecule has 1 heterocycles. The van der Waals surface area contributed by atoms with Crippen LogP contribution in [0, 0.1) is 17.4 Å². The van der Waals surface area contributed by atoms with Crippen molar-refractivity contribution in [2.24, 2.45) is 4.99 Å². The number of amides is 1. The molecule has 0 spiro atoms. The average molecular weight is 480 g/mol. The topological polar surface area (TPSA) is 60.7 Å². The zero-order chi connectivity index (χ0) is 18.8. The van der Waals surface area contributed by atoms with Gasteiger partial charge in [0.2, 0.25) is 0 Å². The molecule has 0 saturated carbocycles. The van der Waals surface area contributed by atoms with Crippen LogP contribution in [0.1, 0.15) is 21.5 Å². The molecule has 0 unspecified atom stereocenters. The molecule has 7 heteroatoms. The van der Waals surface area contributed by atoms with Gasteiger partial charge in [-0.15, -0.1) is 0 Å². The first-order valence-electron chi connectivity index (χ1n) is 7.91. The maximum Gasteiger partial charge on any atom is 0.325 e. The number of hydrogen-bond acceptors (Lipinski definition) is 4. The van der Waals surface area contributed by atoms with Gasteiger partial charge in [-0.3, -0.25) is 9.59 Å². The maximum atomic E-state index is 12.7. The third-order valence-electron chi connectivity index (χ3n) is 3.93. The Kier molecular flexibility index (Phi) is 5.57. The molecular formula is C19H17IN2O3S. The number of aromatic nitrogens is 1. The average Bonchev–Trinajstić information content (AvgIpc) is 2.92. The molecule has 1 aromatic heterocycles. The summed E-state index contributed by atoms with van der Waals surface area (Å²) in [6, 6.07) is 11.4. The third kappa shape index (κ3) is 3.73. The molecule has 3 rings (SSSR count). The molecule has 0 radical (unpaired) electrons. The fourth-order valence-corrected chi connectivity index (χ4v) is 4.62. The fourth-order valence-electron chi connectivity index (χ4n) is 2.80. The Morgan fingerprint density at radius 3 is 2.65 bits per heavy atom. The third-order valence-corrected chi connectivity index (χ3v) is 5.89. The highest BCUT2D eigenvalue weighted by Crippen LogP contribution is 2.23. The van der Waals surface area contributed by atoms with Gasteiger partial charge in [-0.05, 0) is 65.8 Å². The van der Waals surface area contributed by atoms with E-state index in [2.05, 4.69) is 33.6 Å². The van der Waals surface area contributed by atoms with E-state index in [0.29, 0.717) is 10.4 Å². The van der Waals surface area contributed by atoms with Gasteiger partial charge in [-0.25, -0.2) is 0 Å². The Labute approximate surface area is 168 Å². The van der Waals surface area contributed by atoms with Gasteiger partial charge in [0, 0.05) is 3.57 Å². The van der Waals surface area contributed by atoms with Crippen molar-refractivity contribution in [1.82, 2.24) is 4.57 Å². The van der Waals surface area contributed by atoms with E-state index in [-0.39, 0.29) is 18.4 Å². The van der Waals surface area contributed by atoms with Crippen LogP contribution in [0.3, 0.4) is 0 Å². The van der Waals surface area contributed by atoms with E-state index in [4.69, 9.17) is 4.74 Å². The summed E-state index contributed by atoms with van der Waals surface area (Å²) >= 11 is 3.52. The number of thiazole rings is 1. The SMILES string of the molecule is COC(=O)Cn1c(=NC(=O)c2ccccc2I)sc2cc(C)cc(C)c21. The zero-order valence-electron chi connectivity index (χ0n) is 14.6. The lowest BCUT2D eigenvalue weighted by atomic mass is 10.1. The largest absolute Gasteiger partial charge is 0.468 e. The predicted molar refractivity (Wildman–Crippen MR) is 110 cm³/mol. The molecule has 0 bridgehead atoms. The van der Waals surface area contributed by atoms with E-state index in [1.807, 2.05) is 38.1 Å². The number of methoxy groups -OCH3 is 1. The van der Waals surface area contributed by atoms with Gasteiger partial charge in [0.25, 0.3) is 5.91 Å². The van der Waals surface area contributed by atoms with Crippen LogP contribution in [0.15, 0.2) is 41.4 Å². The highest BCUT2D eigenvalue weighted by atomic mass is 127. The summed E-state index contributed by atoms with van der Waals surface area (Å²) in [4.78, 5) is 29.4. The molecule has 0 aliphatic carbocycles. The lowest BCUT2D eigenvalue weighted by molar-refractivity contribution is -0.141. The van der Waals surface area contributed by atoms with Crippen LogP contribution in [0.25, 0.3) is 10.2 Å². The summed E-state index contributed by atoms with van der Waals surface area (Å²) < 4.78 is 8.40. The highest BCUT2D eigenvalue weighted by Gasteiger charge is 2.15. The molecular weight excluding hydrogens is 463 g/mol. The molecule has 0 aliphatic heterocycles. The smallest absolute Gasteiger partial charge is 0.325 e. The van der Waals surface area contributed by atoms with Gasteiger partial charge in [-0.2, -0.15) is 4.99 Å². The number of carbonyl (C=O) groups is 2. The quantitative estimate of drug-likeness (QED) is 0.423. The lowest BCUT2D eigenvalue weighted by Gasteiger charge is -2.06. The summed E-state index contributed by atoms with van der Waals surface area (Å²) in [6.07, 6.45) is 0. The van der Waals surface area contributed by atoms with Gasteiger partial charge < -0.3 is 9.30 Å². The monoisotopic (exact) mass is 480 g/mol. The predicted octanol–water partition coefficient (Wildman–Crippen LogP) is 3.84. The van der Waals surface area contributed by atoms with Gasteiger partial charge in [0.1, 0.15) is 6.54 Å². The van der Waals surface area contributed by atoms with Crippen molar-refractivity contribution in [3.63, 3.8) is 0 Å². The van der Waals surface area contributed by atoms with E-state index < -0.39 is 0 Å². The van der Waals surface area contributed by atoms with Crippen LogP contribution in [-0.4, -0.2) is 23.6 Å². The van der Waals surface area contributed by atoms with Crippen LogP contribution in [0.2, 0.25) is 0 Å². The number of aryl methyl sites for hydroxylation is 2. The summed E-state index contributed by atoms with van der Waals surface area (Å²) in [6.45, 7) is 4.02. The van der Waals surface area contributed by atoms with Gasteiger partial charge in [-0.1, -0.05) is 29.5 Å². The van der Waals surface area contributed by atoms with Crippen LogP contribution in [-0.2, 0) is 16.1 Å². The molecule has 1 amide bonds. The Morgan fingerprint density at radius 1 is 1.23 bits per heavy atom. The molecule has 0 N–H and O–H groups in total. The second-order valence-corrected chi connectivity index (χ2v) is 8.04. The number of carbonyl (C=O) groups excluding carboxylic acids is 2. The van der Waals surface area contributed by atoms with Crippen molar-refractivity contribution >= 4 is 56.0 Å². The molecule has 2 aromatic carbocycles. The van der Waals surface area contributed by atoms with E-state index in [0.717, 1.165) is 24.9 Å². The van der Waals surface area contributed by atoms with E-state index in [1.165, 1.54) is 18.4 Å². The number of fused-ring (bicyclic) bond motifs is 1. The van der Waals surface area contributed by atoms with Gasteiger partial charge in [0.15, 0.2) is 4.80 Å². The Hall–Kier alpha value is -2.00. The Morgan fingerprint density at radius 2 is 1.96 bits per heavy atom. The Balaban J connectivity index is 2.22. The maximum absolute atomic E-state index is 12.7. The first-order valence-corrected chi connectivity index (χ1v) is 9.81. The first kappa shape index (κ1) is 18.8. The van der Waals surface area contributed by atoms with Crippen molar-refractivity contribution in [2.75, 3.05) is 7.11 Å². The number of hydrogen-bond donors (Lipinski definition) is 0. The van der Waals surface area contributed by atoms with E-state index in [9.17, 15) is 9.59 Å². The van der Waals surface area contributed by atoms with Crippen molar-refractivity contribution in [3.05, 3.63) is 61.5 Å². The molecule has 0 saturated heterocycles. The lowest BCUT2D eigenvalue weighted by Crippen LogP contribution is -2.23. The molecule has 134 valence electrons. The summed E-state index contributed by atoms with van der Waals surface area (Å²) in [7, 11) is 1.35. The van der Waals surface area contributed by atoms with Crippen molar-refractivity contribution in [3.8, 4) is 0 Å². The molecule has 0 atom stereocenters. The number of halogens is 1. The minimum atomic E-state index is -0.382. The molecule has 3 aromatic rings. The number of rotatable bonds is 3. The molecule has 26 heavy (non-hydrogen) atoms. The number of benzene rings is 2. The summed E-state index contributed by atoms with van der Waals surface area (Å²) in [5.41, 5.74) is 3.60. The van der Waals surface area contributed by atoms with Crippen LogP contribution in [0.4, 0.5) is 0 Å². The Bertz CT molecular complexity index is 1080. The second kappa shape index (κ2) is 7.71. The van der Waals surface area contributed by atoms with Crippen LogP contribution < -0.4 is 4.80 Å². The highest BCUT2D eigenvalue weighted by molar-refractivity contribution is 14.1. The van der Waals surface area contributed by atoms with Crippen molar-refractivity contribution in [1.29, 1.82) is 0 Å². The summed E-state index contributed by atoms with van der Waals surface area (Å²) in [5, 5.41) is 0. The molecule has 0 aliphatic rings. The molecule has 5 nitrogen and oxygen atoms in total. The number of ether oxygens (including phenoxy) is 1. The number of esters is 1. The number of nitrogens with zero attached hydrogens (tertiary/aromatic N) is 2. The minimum Gasteiger partial charge on any atom is -0.468 e. The fraction of sp³-hybridized carbons (Fsp3) is 0.211.